The van der Waals surface area contributed by atoms with Gasteiger partial charge in [0.1, 0.15) is 0 Å². The Kier molecular flexibility index (Phi) is 2.33. The molecule has 0 amide bonds. The van der Waals surface area contributed by atoms with Crippen LogP contribution in [0.25, 0.3) is 27.8 Å². The van der Waals surface area contributed by atoms with E-state index in [9.17, 15) is 0 Å². The maximum absolute atomic E-state index is 4.50. The molecule has 2 heterocycles. The Balaban J connectivity index is 0.000000902. The summed E-state index contributed by atoms with van der Waals surface area (Å²) < 4.78 is 2.10. The molecule has 0 saturated heterocycles. The van der Waals surface area contributed by atoms with E-state index in [4.69, 9.17) is 0 Å². The zero-order chi connectivity index (χ0) is 10.5. The largest absolute Gasteiger partial charge is 1.00 e. The van der Waals surface area contributed by atoms with Gasteiger partial charge < -0.3 is 14.4 Å². The van der Waals surface area contributed by atoms with Crippen LogP contribution in [0.3, 0.4) is 0 Å². The minimum atomic E-state index is 0. The molecule has 3 nitrogen and oxygen atoms in total. The predicted molar refractivity (Wildman–Crippen MR) is 63.5 cm³/mol. The summed E-state index contributed by atoms with van der Waals surface area (Å²) in [7, 11) is 0. The Labute approximate surface area is 113 Å². The van der Waals surface area contributed by atoms with Gasteiger partial charge >= 0.3 is 22.4 Å². The molecule has 4 rings (SSSR count). The summed E-state index contributed by atoms with van der Waals surface area (Å²) in [5.74, 6) is 0.780. The molecule has 86 valence electrons. The molecule has 0 saturated carbocycles. The van der Waals surface area contributed by atoms with E-state index >= 15 is 0 Å². The molecule has 0 N–H and O–H groups in total. The van der Waals surface area contributed by atoms with Crippen LogP contribution in [0.5, 0.6) is 0 Å². The molecule has 0 radical (unpaired) electrons. The summed E-state index contributed by atoms with van der Waals surface area (Å²) in [6.45, 7) is 0. The van der Waals surface area contributed by atoms with Gasteiger partial charge in [-0.25, -0.2) is 0 Å². The molecular formula is C13H8AgN3. The normalized spacial score (nSPS) is 11.1. The molecule has 0 spiro atoms. The third-order valence-electron chi connectivity index (χ3n) is 2.89. The fourth-order valence-corrected chi connectivity index (χ4v) is 2.18. The summed E-state index contributed by atoms with van der Waals surface area (Å²) >= 11 is 0. The minimum absolute atomic E-state index is 0. The number of hydrogen-bond acceptors (Lipinski definition) is 1. The van der Waals surface area contributed by atoms with Crippen molar-refractivity contribution in [3.05, 3.63) is 48.5 Å². The summed E-state index contributed by atoms with van der Waals surface area (Å²) in [5.41, 5.74) is 4.23. The van der Waals surface area contributed by atoms with Gasteiger partial charge in [0, 0.05) is 27.8 Å². The van der Waals surface area contributed by atoms with Gasteiger partial charge in [-0.05, 0) is 0 Å². The average molecular weight is 314 g/mol. The third-order valence-corrected chi connectivity index (χ3v) is 2.89. The number of aromatic nitrogens is 3. The molecule has 4 heteroatoms. The van der Waals surface area contributed by atoms with E-state index in [-0.39, 0.29) is 22.4 Å². The monoisotopic (exact) mass is 313 g/mol. The van der Waals surface area contributed by atoms with Crippen LogP contribution in [0.4, 0.5) is 0 Å². The van der Waals surface area contributed by atoms with E-state index in [0.717, 1.165) is 27.8 Å². The van der Waals surface area contributed by atoms with Gasteiger partial charge in [0.2, 0.25) is 0 Å². The van der Waals surface area contributed by atoms with E-state index in [2.05, 4.69) is 26.5 Å². The van der Waals surface area contributed by atoms with Gasteiger partial charge in [0.25, 0.3) is 0 Å². The second-order valence-corrected chi connectivity index (χ2v) is 3.84. The van der Waals surface area contributed by atoms with Crippen LogP contribution >= 0.6 is 0 Å². The second kappa shape index (κ2) is 3.74. The van der Waals surface area contributed by atoms with Crippen LogP contribution in [0.1, 0.15) is 0 Å². The maximum Gasteiger partial charge on any atom is 1.00 e. The number of para-hydroxylation sites is 4. The van der Waals surface area contributed by atoms with Gasteiger partial charge in [-0.15, -0.1) is 0 Å². The smallest absolute Gasteiger partial charge is 0.366 e. The summed E-state index contributed by atoms with van der Waals surface area (Å²) in [5, 5.41) is 0. The minimum Gasteiger partial charge on any atom is -0.366 e. The van der Waals surface area contributed by atoms with Crippen molar-refractivity contribution in [2.24, 2.45) is 0 Å². The van der Waals surface area contributed by atoms with Crippen molar-refractivity contribution < 1.29 is 22.4 Å². The van der Waals surface area contributed by atoms with Crippen molar-refractivity contribution in [2.45, 2.75) is 0 Å². The van der Waals surface area contributed by atoms with Crippen LogP contribution < -0.4 is 4.98 Å². The topological polar surface area (TPSA) is 31.4 Å². The molecule has 0 aliphatic heterocycles. The Bertz CT molecular complexity index is 748. The molecule has 2 aromatic heterocycles. The van der Waals surface area contributed by atoms with E-state index in [1.165, 1.54) is 0 Å². The Morgan fingerprint density at radius 1 is 0.882 bits per heavy atom. The Hall–Kier alpha value is -1.55. The van der Waals surface area contributed by atoms with Gasteiger partial charge in [-0.2, -0.15) is 0 Å². The molecule has 0 unspecified atom stereocenters. The van der Waals surface area contributed by atoms with Crippen molar-refractivity contribution in [3.63, 3.8) is 0 Å². The summed E-state index contributed by atoms with van der Waals surface area (Å²) in [6.07, 6.45) is 0. The maximum atomic E-state index is 4.50. The van der Waals surface area contributed by atoms with Crippen molar-refractivity contribution in [1.82, 2.24) is 14.4 Å². The fourth-order valence-electron chi connectivity index (χ4n) is 2.18. The zero-order valence-corrected chi connectivity index (χ0v) is 10.2. The molecule has 0 atom stereocenters. The molecule has 0 aliphatic rings. The number of fused-ring (bicyclic) bond motifs is 5. The first-order chi connectivity index (χ1) is 7.93. The third kappa shape index (κ3) is 1.37. The van der Waals surface area contributed by atoms with Crippen molar-refractivity contribution in [3.8, 4) is 0 Å². The van der Waals surface area contributed by atoms with Crippen molar-refractivity contribution in [1.29, 1.82) is 0 Å². The van der Waals surface area contributed by atoms with Gasteiger partial charge in [0.15, 0.2) is 0 Å². The summed E-state index contributed by atoms with van der Waals surface area (Å²) in [4.78, 5) is 9.01. The van der Waals surface area contributed by atoms with Crippen LogP contribution in [0.15, 0.2) is 48.5 Å². The predicted octanol–water partition coefficient (Wildman–Crippen LogP) is 2.60. The van der Waals surface area contributed by atoms with E-state index < -0.39 is 0 Å². The van der Waals surface area contributed by atoms with Crippen molar-refractivity contribution >= 4 is 27.8 Å². The Morgan fingerprint density at radius 2 is 1.59 bits per heavy atom. The molecule has 2 aromatic carbocycles. The van der Waals surface area contributed by atoms with E-state index in [1.54, 1.807) is 0 Å². The van der Waals surface area contributed by atoms with Crippen LogP contribution in [-0.4, -0.2) is 9.38 Å². The molecule has 0 aliphatic carbocycles. The molecule has 4 aromatic rings. The second-order valence-electron chi connectivity index (χ2n) is 3.84. The number of benzene rings is 2. The summed E-state index contributed by atoms with van der Waals surface area (Å²) in [6, 6.07) is 16.2. The number of imidazole rings is 2. The van der Waals surface area contributed by atoms with E-state index in [0.29, 0.717) is 0 Å². The molecule has 0 bridgehead atoms. The molecule has 0 fully saturated rings. The first kappa shape index (κ1) is 10.6. The van der Waals surface area contributed by atoms with Crippen LogP contribution in [-0.2, 0) is 22.4 Å². The van der Waals surface area contributed by atoms with Crippen molar-refractivity contribution in [2.75, 3.05) is 0 Å². The fraction of sp³-hybridized carbons (Fsp3) is 0. The number of rotatable bonds is 0. The number of hydrogen-bond donors (Lipinski definition) is 0. The first-order valence-corrected chi connectivity index (χ1v) is 5.22. The van der Waals surface area contributed by atoms with E-state index in [1.807, 2.05) is 36.4 Å². The average Bonchev–Trinajstić information content (AvgIpc) is 2.83. The van der Waals surface area contributed by atoms with Gasteiger partial charge in [0.05, 0.1) is 0 Å². The zero-order valence-electron chi connectivity index (χ0n) is 8.76. The Morgan fingerprint density at radius 3 is 2.47 bits per heavy atom. The number of nitrogens with zero attached hydrogens (tertiary/aromatic N) is 3. The van der Waals surface area contributed by atoms with Crippen LogP contribution in [0.2, 0.25) is 0 Å². The quantitative estimate of drug-likeness (QED) is 0.467. The van der Waals surface area contributed by atoms with Crippen LogP contribution in [0, 0.1) is 0 Å². The molecule has 17 heavy (non-hydrogen) atoms. The van der Waals surface area contributed by atoms with Gasteiger partial charge in [-0.3, -0.25) is 0 Å². The molecular weight excluding hydrogens is 306 g/mol. The standard InChI is InChI=1S/C13H8N3.Ag/c1-3-7-11-9(5-1)14-13-15-10-6-2-4-8-12(10)16(11)13;/h1-8H;/q-1;+1. The van der Waals surface area contributed by atoms with Gasteiger partial charge in [-0.1, -0.05) is 48.5 Å². The SMILES string of the molecule is [Ag+].c1ccc2c(c1)nc1[n-]c3ccccc3n12. The first-order valence-electron chi connectivity index (χ1n) is 5.22.